The normalized spacial score (nSPS) is 29.7. The maximum absolute atomic E-state index is 12.0. The van der Waals surface area contributed by atoms with E-state index in [-0.39, 0.29) is 30.3 Å². The predicted molar refractivity (Wildman–Crippen MR) is 138 cm³/mol. The third-order valence-electron chi connectivity index (χ3n) is 6.33. The molecule has 0 bridgehead atoms. The molecule has 3 heterocycles. The average Bonchev–Trinajstić information content (AvgIpc) is 3.44. The number of nitrogens with two attached hydrogens (primary N) is 1. The first kappa shape index (κ1) is 31.7. The number of nitro benzene ring substituents is 1. The number of phosphoric acid groups is 3. The number of nitro groups is 1. The molecule has 0 aliphatic carbocycles. The first-order valence-corrected chi connectivity index (χ1v) is 16.0. The highest BCUT2D eigenvalue weighted by molar-refractivity contribution is 7.66. The zero-order valence-electron chi connectivity index (χ0n) is 20.9. The van der Waals surface area contributed by atoms with Crippen LogP contribution in [0.15, 0.2) is 39.2 Å². The fraction of sp³-hybridized carbons (Fsp3) is 0.500. The quantitative estimate of drug-likeness (QED) is 0.108. The molecular weight excluding hydrogens is 617 g/mol. The molecule has 4 unspecified atom stereocenters. The number of benzene rings is 1. The van der Waals surface area contributed by atoms with Crippen LogP contribution in [0.3, 0.4) is 0 Å². The number of rotatable bonds is 11. The van der Waals surface area contributed by atoms with Crippen LogP contribution in [-0.4, -0.2) is 89.8 Å². The summed E-state index contributed by atoms with van der Waals surface area (Å²) >= 11 is 0. The third-order valence-corrected chi connectivity index (χ3v) is 10.1. The number of hydrogen-bond donors (Lipinski definition) is 6. The molecule has 7 atom stereocenters. The molecule has 0 amide bonds. The molecule has 1 aromatic rings. The Labute approximate surface area is 230 Å². The Morgan fingerprint density at radius 1 is 1.22 bits per heavy atom. The van der Waals surface area contributed by atoms with Crippen molar-refractivity contribution in [2.24, 2.45) is 20.7 Å². The standard InChI is InChI=1S/C18H25N6O14P3/c1-10(11-4-2-3-5-12(11)24(26)27)18(19)16-17(20-8-22-18)23(9-21-16)15-6-13(25)14(36-15)7-35-40(31,32)38-41(33,34)37-39(28,29)30/h2-5,8,10,13-15,25H,6-7,9,19H2,1H3,(H,31,32)(H,33,34)(H2,28,29,30)/t10?,13-,14+,15+,18?/m0/s1. The van der Waals surface area contributed by atoms with Gasteiger partial charge in [0.05, 0.1) is 17.6 Å². The van der Waals surface area contributed by atoms with Crippen LogP contribution in [-0.2, 0) is 31.6 Å². The van der Waals surface area contributed by atoms with Crippen LogP contribution >= 0.6 is 23.5 Å². The monoisotopic (exact) mass is 642 g/mol. The van der Waals surface area contributed by atoms with Crippen molar-refractivity contribution in [2.75, 3.05) is 13.3 Å². The summed E-state index contributed by atoms with van der Waals surface area (Å²) < 4.78 is 51.8. The summed E-state index contributed by atoms with van der Waals surface area (Å²) in [7, 11) is -16.7. The molecule has 0 spiro atoms. The molecule has 1 fully saturated rings. The van der Waals surface area contributed by atoms with Gasteiger partial charge in [-0.15, -0.1) is 0 Å². The highest BCUT2D eigenvalue weighted by atomic mass is 31.3. The van der Waals surface area contributed by atoms with Crippen molar-refractivity contribution in [3.8, 4) is 0 Å². The van der Waals surface area contributed by atoms with Gasteiger partial charge in [-0.3, -0.25) is 19.6 Å². The van der Waals surface area contributed by atoms with Crippen molar-refractivity contribution in [1.82, 2.24) is 4.90 Å². The largest absolute Gasteiger partial charge is 0.490 e. The van der Waals surface area contributed by atoms with E-state index in [0.29, 0.717) is 5.56 Å². The first-order valence-electron chi connectivity index (χ1n) is 11.5. The van der Waals surface area contributed by atoms with Crippen molar-refractivity contribution >= 4 is 47.0 Å². The maximum atomic E-state index is 12.0. The van der Waals surface area contributed by atoms with Gasteiger partial charge in [0.1, 0.15) is 31.1 Å². The van der Waals surface area contributed by atoms with Crippen molar-refractivity contribution in [3.63, 3.8) is 0 Å². The number of ether oxygens (including phenoxy) is 1. The van der Waals surface area contributed by atoms with Crippen molar-refractivity contribution < 1.29 is 61.2 Å². The fourth-order valence-electron chi connectivity index (χ4n) is 4.43. The lowest BCUT2D eigenvalue weighted by Gasteiger charge is -2.35. The van der Waals surface area contributed by atoms with E-state index in [1.54, 1.807) is 19.1 Å². The summed E-state index contributed by atoms with van der Waals surface area (Å²) in [5.74, 6) is -0.504. The van der Waals surface area contributed by atoms with Crippen molar-refractivity contribution in [3.05, 3.63) is 39.9 Å². The van der Waals surface area contributed by atoms with E-state index in [1.165, 1.54) is 23.4 Å². The van der Waals surface area contributed by atoms with Gasteiger partial charge in [0, 0.05) is 24.0 Å². The van der Waals surface area contributed by atoms with Crippen molar-refractivity contribution in [1.29, 1.82) is 0 Å². The fourth-order valence-corrected chi connectivity index (χ4v) is 7.46. The molecule has 41 heavy (non-hydrogen) atoms. The number of para-hydroxylation sites is 1. The highest BCUT2D eigenvalue weighted by Gasteiger charge is 2.50. The Kier molecular flexibility index (Phi) is 8.82. The van der Waals surface area contributed by atoms with Crippen LogP contribution in [0, 0.1) is 10.1 Å². The Morgan fingerprint density at radius 2 is 1.90 bits per heavy atom. The molecule has 20 nitrogen and oxygen atoms in total. The summed E-state index contributed by atoms with van der Waals surface area (Å²) in [6, 6.07) is 6.05. The number of amidine groups is 1. The summed E-state index contributed by atoms with van der Waals surface area (Å²) in [5.41, 5.74) is 5.47. The van der Waals surface area contributed by atoms with Gasteiger partial charge in [0.25, 0.3) is 5.69 Å². The molecule has 0 radical (unpaired) electrons. The molecule has 3 aliphatic heterocycles. The molecule has 1 saturated heterocycles. The second-order valence-corrected chi connectivity index (χ2v) is 13.4. The van der Waals surface area contributed by atoms with Crippen LogP contribution < -0.4 is 5.73 Å². The molecule has 7 N–H and O–H groups in total. The predicted octanol–water partition coefficient (Wildman–Crippen LogP) is 0.327. The van der Waals surface area contributed by atoms with Gasteiger partial charge in [-0.25, -0.2) is 23.7 Å². The van der Waals surface area contributed by atoms with Gasteiger partial charge in [-0.2, -0.15) is 8.62 Å². The lowest BCUT2D eigenvalue weighted by molar-refractivity contribution is -0.385. The number of hydrogen-bond acceptors (Lipinski definition) is 15. The molecule has 226 valence electrons. The van der Waals surface area contributed by atoms with E-state index in [1.807, 2.05) is 0 Å². The van der Waals surface area contributed by atoms with Gasteiger partial charge >= 0.3 is 23.5 Å². The Bertz CT molecular complexity index is 1450. The minimum Gasteiger partial charge on any atom is -0.390 e. The number of phosphoric ester groups is 1. The molecule has 0 saturated carbocycles. The van der Waals surface area contributed by atoms with Crippen LogP contribution in [0.5, 0.6) is 0 Å². The summed E-state index contributed by atoms with van der Waals surface area (Å²) in [5, 5.41) is 22.0. The minimum absolute atomic E-state index is 0.0555. The number of aliphatic imine (C=N–C) groups is 3. The smallest absolute Gasteiger partial charge is 0.390 e. The molecule has 0 aromatic heterocycles. The van der Waals surface area contributed by atoms with Crippen LogP contribution in [0.1, 0.15) is 24.8 Å². The van der Waals surface area contributed by atoms with E-state index in [0.717, 1.165) is 0 Å². The van der Waals surface area contributed by atoms with E-state index in [2.05, 4.69) is 28.1 Å². The van der Waals surface area contributed by atoms with Gasteiger partial charge in [-0.1, -0.05) is 25.1 Å². The van der Waals surface area contributed by atoms with E-state index >= 15 is 0 Å². The lowest BCUT2D eigenvalue weighted by atomic mass is 9.83. The summed E-state index contributed by atoms with van der Waals surface area (Å²) in [6.45, 7) is 0.745. The summed E-state index contributed by atoms with van der Waals surface area (Å²) in [4.78, 5) is 61.6. The van der Waals surface area contributed by atoms with Crippen LogP contribution in [0.25, 0.3) is 0 Å². The zero-order valence-corrected chi connectivity index (χ0v) is 23.6. The first-order chi connectivity index (χ1) is 18.9. The Morgan fingerprint density at radius 3 is 2.56 bits per heavy atom. The average molecular weight is 642 g/mol. The second-order valence-electron chi connectivity index (χ2n) is 9.00. The van der Waals surface area contributed by atoms with E-state index in [4.69, 9.17) is 20.3 Å². The Balaban J connectivity index is 1.43. The second kappa shape index (κ2) is 11.4. The van der Waals surface area contributed by atoms with E-state index in [9.17, 15) is 38.7 Å². The summed E-state index contributed by atoms with van der Waals surface area (Å²) in [6.07, 6.45) is -2.39. The van der Waals surface area contributed by atoms with Gasteiger partial charge in [0.15, 0.2) is 11.5 Å². The Hall–Kier alpha value is -2.28. The highest BCUT2D eigenvalue weighted by Crippen LogP contribution is 2.66. The minimum atomic E-state index is -5.71. The van der Waals surface area contributed by atoms with Gasteiger partial charge in [0.2, 0.25) is 0 Å². The number of fused-ring (bicyclic) bond motifs is 1. The number of nitrogens with zero attached hydrogens (tertiary/aromatic N) is 5. The topological polar surface area (TPSA) is 299 Å². The van der Waals surface area contributed by atoms with Crippen molar-refractivity contribution in [2.45, 2.75) is 43.4 Å². The molecule has 4 rings (SSSR count). The molecular formula is C18H25N6O14P3. The maximum Gasteiger partial charge on any atom is 0.490 e. The molecule has 3 aliphatic rings. The number of aliphatic hydroxyl groups excluding tert-OH is 1. The van der Waals surface area contributed by atoms with Gasteiger partial charge < -0.3 is 40.1 Å². The number of aliphatic hydroxyl groups is 1. The van der Waals surface area contributed by atoms with E-state index < -0.39 is 65.0 Å². The lowest BCUT2D eigenvalue weighted by Crippen LogP contribution is -2.57. The SMILES string of the molecule is CC(c1ccccc1[N+](=O)[O-])C1(N)N=CN=C2C1=NCN2[C@H]1C[C@H](O)[C@@H](COP(=O)(O)OP(=O)(O)OP(=O)(O)O)O1. The molecule has 1 aromatic carbocycles. The molecule has 23 heteroatoms. The van der Waals surface area contributed by atoms with Gasteiger partial charge in [-0.05, 0) is 0 Å². The third kappa shape index (κ3) is 7.03. The van der Waals surface area contributed by atoms with Crippen LogP contribution in [0.4, 0.5) is 5.69 Å². The zero-order chi connectivity index (χ0) is 30.4. The van der Waals surface area contributed by atoms with Crippen LogP contribution in [0.2, 0.25) is 0 Å².